The average molecular weight is 659 g/mol. The average Bonchev–Trinajstić information content (AvgIpc) is 3.63. The van der Waals surface area contributed by atoms with Crippen LogP contribution >= 0.6 is 0 Å². The molecule has 1 aromatic heterocycles. The van der Waals surface area contributed by atoms with Crippen molar-refractivity contribution in [3.8, 4) is 11.6 Å². The molecule has 0 bridgehead atoms. The normalized spacial score (nSPS) is 23.1. The molecule has 2 fully saturated rings. The van der Waals surface area contributed by atoms with Crippen LogP contribution in [0.3, 0.4) is 0 Å². The summed E-state index contributed by atoms with van der Waals surface area (Å²) in [4.78, 5) is 49.4. The highest BCUT2D eigenvalue weighted by atomic mass is 19.3. The summed E-state index contributed by atoms with van der Waals surface area (Å²) in [6, 6.07) is 2.07. The molecule has 13 heteroatoms. The highest BCUT2D eigenvalue weighted by molar-refractivity contribution is 5.90. The second-order valence-corrected chi connectivity index (χ2v) is 13.2. The molecule has 4 rings (SSSR count). The van der Waals surface area contributed by atoms with Crippen molar-refractivity contribution in [3.63, 3.8) is 0 Å². The number of hydrogen-bond acceptors (Lipinski definition) is 8. The first-order valence-electron chi connectivity index (χ1n) is 15.8. The number of alkyl halides is 2. The third-order valence-corrected chi connectivity index (χ3v) is 8.69. The van der Waals surface area contributed by atoms with Gasteiger partial charge in [0.1, 0.15) is 30.0 Å². The third kappa shape index (κ3) is 7.99. The number of amides is 2. The van der Waals surface area contributed by atoms with Crippen molar-refractivity contribution in [3.05, 3.63) is 49.2 Å². The Labute approximate surface area is 273 Å². The van der Waals surface area contributed by atoms with Gasteiger partial charge in [-0.05, 0) is 49.1 Å². The fourth-order valence-electron chi connectivity index (χ4n) is 6.02. The van der Waals surface area contributed by atoms with Gasteiger partial charge in [0, 0.05) is 18.4 Å². The number of aliphatic carboxylic acids is 1. The standard InChI is InChI=1S/C34H44F2N4O7/c1-8-11-12-19-16-24(19)47-32(44)39-28(33(4,5)6)30(41)40-18-25(21(10-3)26(40)31(42)43)46-29-27(34(35,36)15-9-2)37-22-14-13-20(45-7)17-23(22)38-29/h8-9,13-14,17,19,21,24-26,28H,1-2,10-12,15-16,18H2,3-7H3,(H,39,44)(H,42,43)/t19-,21-,24-,25+,26+,28-/m1/s1. The Morgan fingerprint density at radius 2 is 1.87 bits per heavy atom. The molecule has 2 aromatic rings. The maximum atomic E-state index is 15.4. The predicted molar refractivity (Wildman–Crippen MR) is 170 cm³/mol. The number of halogens is 2. The van der Waals surface area contributed by atoms with Gasteiger partial charge in [-0.3, -0.25) is 4.79 Å². The number of ether oxygens (including phenoxy) is 3. The molecule has 256 valence electrons. The minimum Gasteiger partial charge on any atom is -0.497 e. The Bertz CT molecular complexity index is 1510. The number of methoxy groups -OCH3 is 1. The van der Waals surface area contributed by atoms with Crippen LogP contribution in [0.25, 0.3) is 11.0 Å². The largest absolute Gasteiger partial charge is 0.497 e. The zero-order valence-corrected chi connectivity index (χ0v) is 27.5. The number of carbonyl (C=O) groups excluding carboxylic acids is 2. The van der Waals surface area contributed by atoms with Crippen molar-refractivity contribution in [2.24, 2.45) is 17.3 Å². The summed E-state index contributed by atoms with van der Waals surface area (Å²) in [5.41, 5.74) is -1.16. The van der Waals surface area contributed by atoms with Crippen molar-refractivity contribution in [2.45, 2.75) is 90.0 Å². The summed E-state index contributed by atoms with van der Waals surface area (Å²) < 4.78 is 47.7. The molecule has 2 N–H and O–H groups in total. The zero-order valence-electron chi connectivity index (χ0n) is 27.5. The number of nitrogens with one attached hydrogen (secondary N) is 1. The summed E-state index contributed by atoms with van der Waals surface area (Å²) in [6.07, 6.45) is 2.65. The highest BCUT2D eigenvalue weighted by Crippen LogP contribution is 2.41. The lowest BCUT2D eigenvalue weighted by Crippen LogP contribution is -2.57. The number of carboxylic acid groups (broad SMARTS) is 1. The molecule has 47 heavy (non-hydrogen) atoms. The Balaban J connectivity index is 1.64. The van der Waals surface area contributed by atoms with E-state index in [1.807, 2.05) is 0 Å². The van der Waals surface area contributed by atoms with Gasteiger partial charge in [-0.25, -0.2) is 19.6 Å². The lowest BCUT2D eigenvalue weighted by Gasteiger charge is -2.34. The van der Waals surface area contributed by atoms with Crippen LogP contribution in [0.1, 0.15) is 65.5 Å². The van der Waals surface area contributed by atoms with Crippen LogP contribution in [-0.4, -0.2) is 75.9 Å². The van der Waals surface area contributed by atoms with Crippen molar-refractivity contribution in [1.82, 2.24) is 20.2 Å². The van der Waals surface area contributed by atoms with Gasteiger partial charge in [0.2, 0.25) is 11.8 Å². The molecule has 1 aliphatic carbocycles. The molecule has 6 atom stereocenters. The van der Waals surface area contributed by atoms with Gasteiger partial charge in [-0.15, -0.1) is 13.2 Å². The first-order chi connectivity index (χ1) is 22.1. The van der Waals surface area contributed by atoms with E-state index in [0.29, 0.717) is 5.75 Å². The molecular weight excluding hydrogens is 614 g/mol. The molecule has 1 saturated carbocycles. The molecular formula is C34H44F2N4O7. The van der Waals surface area contributed by atoms with Gasteiger partial charge >= 0.3 is 12.1 Å². The quantitative estimate of drug-likeness (QED) is 0.239. The van der Waals surface area contributed by atoms with Crippen LogP contribution in [0, 0.1) is 17.3 Å². The van der Waals surface area contributed by atoms with E-state index < -0.39 is 71.4 Å². The van der Waals surface area contributed by atoms with E-state index in [1.165, 1.54) is 19.2 Å². The number of carboxylic acids is 1. The number of hydrogen-bond donors (Lipinski definition) is 2. The van der Waals surface area contributed by atoms with Crippen LogP contribution in [0.15, 0.2) is 43.5 Å². The number of benzene rings is 1. The van der Waals surface area contributed by atoms with Crippen LogP contribution in [0.4, 0.5) is 13.6 Å². The monoisotopic (exact) mass is 658 g/mol. The van der Waals surface area contributed by atoms with Gasteiger partial charge in [0.15, 0.2) is 5.69 Å². The molecule has 0 radical (unpaired) electrons. The number of nitrogens with zero attached hydrogens (tertiary/aromatic N) is 3. The number of aromatic nitrogens is 2. The van der Waals surface area contributed by atoms with Crippen LogP contribution < -0.4 is 14.8 Å². The summed E-state index contributed by atoms with van der Waals surface area (Å²) in [6.45, 7) is 13.8. The first-order valence-corrected chi connectivity index (χ1v) is 15.8. The van der Waals surface area contributed by atoms with Crippen molar-refractivity contribution >= 4 is 29.0 Å². The van der Waals surface area contributed by atoms with E-state index in [9.17, 15) is 19.5 Å². The Hall–Kier alpha value is -4.29. The van der Waals surface area contributed by atoms with Crippen molar-refractivity contribution in [1.29, 1.82) is 0 Å². The van der Waals surface area contributed by atoms with Gasteiger partial charge in [-0.2, -0.15) is 8.78 Å². The minimum atomic E-state index is -3.51. The Morgan fingerprint density at radius 1 is 1.15 bits per heavy atom. The fraction of sp³-hybridized carbons (Fsp3) is 0.559. The maximum Gasteiger partial charge on any atom is 0.408 e. The Kier molecular flexibility index (Phi) is 10.8. The smallest absolute Gasteiger partial charge is 0.408 e. The lowest BCUT2D eigenvalue weighted by atomic mass is 9.85. The lowest BCUT2D eigenvalue weighted by molar-refractivity contribution is -0.151. The summed E-state index contributed by atoms with van der Waals surface area (Å²) in [5, 5.41) is 13.0. The van der Waals surface area contributed by atoms with Gasteiger partial charge in [-0.1, -0.05) is 39.8 Å². The van der Waals surface area contributed by atoms with Crippen LogP contribution in [0.5, 0.6) is 11.6 Å². The zero-order chi connectivity index (χ0) is 34.7. The molecule has 2 aliphatic rings. The number of rotatable bonds is 14. The first kappa shape index (κ1) is 35.6. The Morgan fingerprint density at radius 3 is 2.47 bits per heavy atom. The molecule has 0 spiro atoms. The number of allylic oxidation sites excluding steroid dienone is 2. The molecule has 11 nitrogen and oxygen atoms in total. The predicted octanol–water partition coefficient (Wildman–Crippen LogP) is 5.87. The van der Waals surface area contributed by atoms with E-state index in [2.05, 4.69) is 28.4 Å². The van der Waals surface area contributed by atoms with Gasteiger partial charge < -0.3 is 29.5 Å². The third-order valence-electron chi connectivity index (χ3n) is 8.69. The maximum absolute atomic E-state index is 15.4. The molecule has 1 aromatic carbocycles. The number of alkyl carbamates (subject to hydrolysis) is 1. The van der Waals surface area contributed by atoms with Crippen molar-refractivity contribution < 1.29 is 42.5 Å². The van der Waals surface area contributed by atoms with E-state index in [1.54, 1.807) is 39.8 Å². The topological polar surface area (TPSA) is 140 Å². The number of likely N-dealkylation sites (tertiary alicyclic amines) is 1. The van der Waals surface area contributed by atoms with E-state index >= 15 is 8.78 Å². The SMILES string of the molecule is C=CCC[C@@H]1C[C@H]1OC(=O)N[C@H](C(=O)N1C[C@H](Oc2nc3cc(OC)ccc3nc2C(F)(F)CC=C)[C@@H](CC)[C@H]1C(=O)O)C(C)(C)C. The molecule has 2 amide bonds. The molecule has 1 aliphatic heterocycles. The van der Waals surface area contributed by atoms with E-state index in [4.69, 9.17) is 14.2 Å². The number of carbonyl (C=O) groups is 3. The fourth-order valence-corrected chi connectivity index (χ4v) is 6.02. The van der Waals surface area contributed by atoms with Crippen molar-refractivity contribution in [2.75, 3.05) is 13.7 Å². The molecule has 0 unspecified atom stereocenters. The van der Waals surface area contributed by atoms with Crippen LogP contribution in [0.2, 0.25) is 0 Å². The van der Waals surface area contributed by atoms with Gasteiger partial charge in [0.05, 0.1) is 24.7 Å². The minimum absolute atomic E-state index is 0.180. The molecule has 2 heterocycles. The molecule has 1 saturated heterocycles. The van der Waals surface area contributed by atoms with Crippen LogP contribution in [-0.2, 0) is 20.2 Å². The van der Waals surface area contributed by atoms with E-state index in [0.717, 1.165) is 30.2 Å². The second kappa shape index (κ2) is 14.2. The summed E-state index contributed by atoms with van der Waals surface area (Å²) in [5.74, 6) is -6.09. The highest BCUT2D eigenvalue weighted by Gasteiger charge is 2.52. The second-order valence-electron chi connectivity index (χ2n) is 13.2. The van der Waals surface area contributed by atoms with Gasteiger partial charge in [0.25, 0.3) is 5.92 Å². The summed E-state index contributed by atoms with van der Waals surface area (Å²) >= 11 is 0. The summed E-state index contributed by atoms with van der Waals surface area (Å²) in [7, 11) is 1.45. The number of fused-ring (bicyclic) bond motifs is 1. The van der Waals surface area contributed by atoms with E-state index in [-0.39, 0.29) is 36.0 Å².